The molecule has 108 valence electrons. The minimum atomic E-state index is 0.801. The number of aryl methyl sites for hydroxylation is 2. The molecular formula is C16H18N4S. The second-order valence-corrected chi connectivity index (χ2v) is 6.40. The van der Waals surface area contributed by atoms with E-state index in [1.54, 1.807) is 12.4 Å². The monoisotopic (exact) mass is 298 g/mol. The molecule has 2 aliphatic heterocycles. The fraction of sp³-hybridized carbons (Fsp3) is 0.375. The first kappa shape index (κ1) is 13.1. The Labute approximate surface area is 128 Å². The maximum absolute atomic E-state index is 5.53. The summed E-state index contributed by atoms with van der Waals surface area (Å²) in [5, 5.41) is 5.53. The molecule has 0 saturated heterocycles. The molecule has 0 atom stereocenters. The second-order valence-electron chi connectivity index (χ2n) is 5.70. The van der Waals surface area contributed by atoms with E-state index in [1.165, 1.54) is 67.5 Å². The molecule has 0 fully saturated rings. The molecule has 5 heteroatoms. The lowest BCUT2D eigenvalue weighted by Crippen LogP contribution is -2.34. The Kier molecular flexibility index (Phi) is 3.31. The number of nitrogens with zero attached hydrogens (tertiary/aromatic N) is 3. The quantitative estimate of drug-likeness (QED) is 0.864. The zero-order chi connectivity index (χ0) is 14.2. The lowest BCUT2D eigenvalue weighted by molar-refractivity contribution is 0.634. The van der Waals surface area contributed by atoms with E-state index in [2.05, 4.69) is 27.0 Å². The average Bonchev–Trinajstić information content (AvgIpc) is 2.55. The molecule has 0 spiro atoms. The van der Waals surface area contributed by atoms with E-state index in [1.807, 2.05) is 0 Å². The minimum absolute atomic E-state index is 0.801. The maximum atomic E-state index is 5.53. The van der Waals surface area contributed by atoms with Gasteiger partial charge in [0.15, 0.2) is 5.82 Å². The lowest BCUT2D eigenvalue weighted by atomic mass is 9.90. The molecule has 2 N–H and O–H groups in total. The van der Waals surface area contributed by atoms with Crippen LogP contribution >= 0.6 is 11.9 Å². The molecule has 1 aromatic heterocycles. The van der Waals surface area contributed by atoms with Crippen LogP contribution in [0.15, 0.2) is 29.4 Å². The van der Waals surface area contributed by atoms with Gasteiger partial charge in [-0.1, -0.05) is 0 Å². The minimum Gasteiger partial charge on any atom is -0.371 e. The normalized spacial score (nSPS) is 16.7. The molecule has 4 nitrogen and oxygen atoms in total. The highest BCUT2D eigenvalue weighted by atomic mass is 32.2. The van der Waals surface area contributed by atoms with Gasteiger partial charge in [0, 0.05) is 36.7 Å². The van der Waals surface area contributed by atoms with Gasteiger partial charge in [-0.15, -0.1) is 0 Å². The van der Waals surface area contributed by atoms with E-state index in [-0.39, 0.29) is 0 Å². The van der Waals surface area contributed by atoms with E-state index in [0.717, 1.165) is 16.3 Å². The number of benzene rings is 1. The molecule has 0 bridgehead atoms. The number of nitrogens with two attached hydrogens (primary N) is 1. The fourth-order valence-electron chi connectivity index (χ4n) is 3.46. The fourth-order valence-corrected chi connectivity index (χ4v) is 3.69. The van der Waals surface area contributed by atoms with Crippen LogP contribution in [0.1, 0.15) is 24.0 Å². The Morgan fingerprint density at radius 1 is 1.00 bits per heavy atom. The molecule has 0 unspecified atom stereocenters. The Hall–Kier alpha value is -1.59. The predicted molar refractivity (Wildman–Crippen MR) is 86.4 cm³/mol. The van der Waals surface area contributed by atoms with Gasteiger partial charge in [0.2, 0.25) is 0 Å². The van der Waals surface area contributed by atoms with Gasteiger partial charge in [0.05, 0.1) is 4.90 Å². The number of anilines is 1. The lowest BCUT2D eigenvalue weighted by Gasteiger charge is -2.37. The topological polar surface area (TPSA) is 55.0 Å². The van der Waals surface area contributed by atoms with Gasteiger partial charge in [-0.25, -0.2) is 9.97 Å². The van der Waals surface area contributed by atoms with Gasteiger partial charge in [0.1, 0.15) is 0 Å². The molecule has 0 saturated carbocycles. The van der Waals surface area contributed by atoms with Crippen molar-refractivity contribution in [2.75, 3.05) is 18.0 Å². The highest BCUT2D eigenvalue weighted by Gasteiger charge is 2.24. The van der Waals surface area contributed by atoms with Gasteiger partial charge in [0.25, 0.3) is 0 Å². The van der Waals surface area contributed by atoms with E-state index in [4.69, 9.17) is 5.14 Å². The van der Waals surface area contributed by atoms with Crippen LogP contribution in [0.2, 0.25) is 0 Å². The van der Waals surface area contributed by atoms with E-state index < -0.39 is 0 Å². The van der Waals surface area contributed by atoms with Crippen LogP contribution in [-0.4, -0.2) is 23.1 Å². The summed E-state index contributed by atoms with van der Waals surface area (Å²) >= 11 is 1.18. The van der Waals surface area contributed by atoms with Crippen molar-refractivity contribution in [2.24, 2.45) is 5.14 Å². The van der Waals surface area contributed by atoms with Crippen LogP contribution in [0.25, 0.3) is 11.4 Å². The average molecular weight is 298 g/mol. The highest BCUT2D eigenvalue weighted by Crippen LogP contribution is 2.37. The van der Waals surface area contributed by atoms with Crippen LogP contribution in [0.4, 0.5) is 5.69 Å². The summed E-state index contributed by atoms with van der Waals surface area (Å²) in [6.07, 6.45) is 8.43. The molecule has 21 heavy (non-hydrogen) atoms. The third-order valence-corrected chi connectivity index (χ3v) is 4.84. The zero-order valence-electron chi connectivity index (χ0n) is 11.9. The number of hydrogen-bond donors (Lipinski definition) is 1. The SMILES string of the molecule is NSc1cnc(-c2cc3c4c(c2)CCCN4CCC3)nc1. The Balaban J connectivity index is 1.79. The van der Waals surface area contributed by atoms with Gasteiger partial charge in [-0.2, -0.15) is 0 Å². The summed E-state index contributed by atoms with van der Waals surface area (Å²) in [5.41, 5.74) is 5.56. The summed E-state index contributed by atoms with van der Waals surface area (Å²) in [6.45, 7) is 2.41. The van der Waals surface area contributed by atoms with Gasteiger partial charge in [-0.3, -0.25) is 5.14 Å². The smallest absolute Gasteiger partial charge is 0.159 e. The van der Waals surface area contributed by atoms with Crippen LogP contribution in [0.3, 0.4) is 0 Å². The van der Waals surface area contributed by atoms with Crippen LogP contribution in [0.5, 0.6) is 0 Å². The van der Waals surface area contributed by atoms with Crippen molar-refractivity contribution in [2.45, 2.75) is 30.6 Å². The van der Waals surface area contributed by atoms with Crippen molar-refractivity contribution in [1.82, 2.24) is 9.97 Å². The van der Waals surface area contributed by atoms with E-state index in [0.29, 0.717) is 0 Å². The molecule has 4 rings (SSSR count). The second kappa shape index (κ2) is 5.31. The van der Waals surface area contributed by atoms with Crippen molar-refractivity contribution in [3.05, 3.63) is 35.7 Å². The first-order valence-electron chi connectivity index (χ1n) is 7.45. The van der Waals surface area contributed by atoms with Crippen molar-refractivity contribution in [1.29, 1.82) is 0 Å². The Morgan fingerprint density at radius 2 is 1.62 bits per heavy atom. The summed E-state index contributed by atoms with van der Waals surface area (Å²) in [7, 11) is 0. The van der Waals surface area contributed by atoms with Crippen molar-refractivity contribution in [3.8, 4) is 11.4 Å². The molecule has 1 aromatic carbocycles. The van der Waals surface area contributed by atoms with Crippen LogP contribution < -0.4 is 10.0 Å². The molecule has 0 amide bonds. The number of rotatable bonds is 2. The molecule has 3 heterocycles. The van der Waals surface area contributed by atoms with Gasteiger partial charge in [-0.05, 0) is 60.9 Å². The van der Waals surface area contributed by atoms with Crippen molar-refractivity contribution >= 4 is 17.6 Å². The standard InChI is InChI=1S/C16H18N4S/c17-21-14-9-18-16(19-10-14)13-7-11-3-1-5-20-6-2-4-12(8-13)15(11)20/h7-10H,1-6,17H2. The zero-order valence-corrected chi connectivity index (χ0v) is 12.7. The Bertz CT molecular complexity index is 637. The molecule has 0 aliphatic carbocycles. The van der Waals surface area contributed by atoms with E-state index in [9.17, 15) is 0 Å². The number of aromatic nitrogens is 2. The summed E-state index contributed by atoms with van der Waals surface area (Å²) < 4.78 is 0. The summed E-state index contributed by atoms with van der Waals surface area (Å²) in [6, 6.07) is 4.56. The summed E-state index contributed by atoms with van der Waals surface area (Å²) in [5.74, 6) is 0.801. The number of hydrogen-bond acceptors (Lipinski definition) is 5. The summed E-state index contributed by atoms with van der Waals surface area (Å²) in [4.78, 5) is 12.4. The molecule has 2 aliphatic rings. The van der Waals surface area contributed by atoms with Crippen molar-refractivity contribution < 1.29 is 0 Å². The van der Waals surface area contributed by atoms with Gasteiger partial charge >= 0.3 is 0 Å². The first-order chi connectivity index (χ1) is 10.3. The predicted octanol–water partition coefficient (Wildman–Crippen LogP) is 2.81. The molecular weight excluding hydrogens is 280 g/mol. The maximum Gasteiger partial charge on any atom is 0.159 e. The van der Waals surface area contributed by atoms with Crippen LogP contribution in [-0.2, 0) is 12.8 Å². The Morgan fingerprint density at radius 3 is 2.19 bits per heavy atom. The molecule has 0 radical (unpaired) electrons. The largest absolute Gasteiger partial charge is 0.371 e. The third-order valence-electron chi connectivity index (χ3n) is 4.35. The molecule has 2 aromatic rings. The third kappa shape index (κ3) is 2.30. The first-order valence-corrected chi connectivity index (χ1v) is 8.33. The van der Waals surface area contributed by atoms with Crippen molar-refractivity contribution in [3.63, 3.8) is 0 Å². The highest BCUT2D eigenvalue weighted by molar-refractivity contribution is 7.97. The van der Waals surface area contributed by atoms with E-state index >= 15 is 0 Å². The van der Waals surface area contributed by atoms with Crippen LogP contribution in [0, 0.1) is 0 Å². The van der Waals surface area contributed by atoms with Gasteiger partial charge < -0.3 is 4.90 Å².